The van der Waals surface area contributed by atoms with Gasteiger partial charge in [0.1, 0.15) is 17.3 Å². The molecule has 2 aromatic carbocycles. The van der Waals surface area contributed by atoms with Crippen molar-refractivity contribution in [3.8, 4) is 11.5 Å². The van der Waals surface area contributed by atoms with Crippen LogP contribution in [0.2, 0.25) is 0 Å². The average molecular weight is 512 g/mol. The largest absolute Gasteiger partial charge is 0.507 e. The zero-order valence-electron chi connectivity index (χ0n) is 17.0. The van der Waals surface area contributed by atoms with E-state index in [1.165, 1.54) is 36.8 Å². The topological polar surface area (TPSA) is 130 Å². The number of phenolic OH excluding ortho intramolecular Hbond substituents is 1. The maximum absolute atomic E-state index is 12.1. The lowest BCUT2D eigenvalue weighted by Gasteiger charge is -2.07. The number of nitrogens with one attached hydrogen (secondary N) is 2. The molecule has 1 aromatic heterocycles. The van der Waals surface area contributed by atoms with E-state index in [2.05, 4.69) is 31.8 Å². The zero-order chi connectivity index (χ0) is 23.6. The third kappa shape index (κ3) is 7.18. The number of esters is 1. The summed E-state index contributed by atoms with van der Waals surface area (Å²) in [6, 6.07) is 14.3. The molecule has 0 radical (unpaired) electrons. The van der Waals surface area contributed by atoms with Gasteiger partial charge in [-0.1, -0.05) is 28.1 Å². The highest BCUT2D eigenvalue weighted by molar-refractivity contribution is 9.10. The Bertz CT molecular complexity index is 1200. The Morgan fingerprint density at radius 2 is 1.94 bits per heavy atom. The third-order valence-electron chi connectivity index (χ3n) is 4.06. The van der Waals surface area contributed by atoms with E-state index in [0.29, 0.717) is 15.8 Å². The lowest BCUT2D eigenvalue weighted by atomic mass is 10.2. The number of aromatic hydroxyl groups is 1. The van der Waals surface area contributed by atoms with Gasteiger partial charge in [0.25, 0.3) is 11.8 Å². The average Bonchev–Trinajstić information content (AvgIpc) is 3.32. The fourth-order valence-corrected chi connectivity index (χ4v) is 2.91. The smallest absolute Gasteiger partial charge is 0.336 e. The molecule has 3 aromatic rings. The first kappa shape index (κ1) is 23.5. The van der Waals surface area contributed by atoms with Gasteiger partial charge >= 0.3 is 5.97 Å². The van der Waals surface area contributed by atoms with Crippen molar-refractivity contribution in [1.82, 2.24) is 10.7 Å². The van der Waals surface area contributed by atoms with Crippen molar-refractivity contribution in [2.75, 3.05) is 6.54 Å². The Morgan fingerprint density at radius 1 is 1.12 bits per heavy atom. The van der Waals surface area contributed by atoms with Crippen LogP contribution in [0.25, 0.3) is 6.08 Å². The molecule has 3 N–H and O–H groups in total. The molecule has 1 heterocycles. The number of hydrogen-bond donors (Lipinski definition) is 3. The number of phenols is 1. The van der Waals surface area contributed by atoms with Gasteiger partial charge in [0, 0.05) is 16.1 Å². The molecule has 0 bridgehead atoms. The van der Waals surface area contributed by atoms with Crippen LogP contribution in [-0.4, -0.2) is 35.6 Å². The number of carbonyl (C=O) groups excluding carboxylic acids is 3. The van der Waals surface area contributed by atoms with Gasteiger partial charge < -0.3 is 19.6 Å². The summed E-state index contributed by atoms with van der Waals surface area (Å²) < 4.78 is 11.1. The number of rotatable bonds is 8. The van der Waals surface area contributed by atoms with Crippen LogP contribution in [0.5, 0.6) is 11.5 Å². The molecule has 0 unspecified atom stereocenters. The number of para-hydroxylation sites is 1. The van der Waals surface area contributed by atoms with Crippen molar-refractivity contribution in [3.05, 3.63) is 88.3 Å². The van der Waals surface area contributed by atoms with Crippen LogP contribution in [0.15, 0.2) is 80.9 Å². The maximum Gasteiger partial charge on any atom is 0.336 e. The summed E-state index contributed by atoms with van der Waals surface area (Å²) in [5.41, 5.74) is 2.74. The molecular weight excluding hydrogens is 494 g/mol. The molecule has 0 saturated heterocycles. The van der Waals surface area contributed by atoms with Crippen molar-refractivity contribution in [2.45, 2.75) is 0 Å². The Balaban J connectivity index is 1.56. The van der Waals surface area contributed by atoms with E-state index in [4.69, 9.17) is 9.15 Å². The fraction of sp³-hybridized carbons (Fsp3) is 0.0435. The van der Waals surface area contributed by atoms with Gasteiger partial charge in [-0.3, -0.25) is 9.59 Å². The van der Waals surface area contributed by atoms with Crippen molar-refractivity contribution in [1.29, 1.82) is 0 Å². The van der Waals surface area contributed by atoms with Gasteiger partial charge in [0.05, 0.1) is 24.6 Å². The molecule has 0 fully saturated rings. The molecular formula is C23H18BrN3O6. The highest BCUT2D eigenvalue weighted by Gasteiger charge is 2.11. The molecule has 168 valence electrons. The molecule has 0 aliphatic heterocycles. The van der Waals surface area contributed by atoms with Gasteiger partial charge in [-0.05, 0) is 48.5 Å². The molecule has 0 aliphatic rings. The molecule has 10 heteroatoms. The van der Waals surface area contributed by atoms with Crippen LogP contribution in [0.4, 0.5) is 0 Å². The monoisotopic (exact) mass is 511 g/mol. The number of benzene rings is 2. The summed E-state index contributed by atoms with van der Waals surface area (Å²) in [7, 11) is 0. The first-order chi connectivity index (χ1) is 15.9. The minimum Gasteiger partial charge on any atom is -0.507 e. The lowest BCUT2D eigenvalue weighted by molar-refractivity contribution is -0.129. The van der Waals surface area contributed by atoms with E-state index in [1.54, 1.807) is 42.5 Å². The minimum atomic E-state index is -0.626. The first-order valence-electron chi connectivity index (χ1n) is 9.53. The van der Waals surface area contributed by atoms with Crippen LogP contribution in [-0.2, 0) is 9.59 Å². The summed E-state index contributed by atoms with van der Waals surface area (Å²) in [5.74, 6) is -1.29. The van der Waals surface area contributed by atoms with Gasteiger partial charge in [-0.15, -0.1) is 0 Å². The molecule has 9 nitrogen and oxygen atoms in total. The lowest BCUT2D eigenvalue weighted by Crippen LogP contribution is -2.34. The standard InChI is InChI=1S/C23H18BrN3O6/c24-16-7-9-20(33-22(30)10-8-17-4-3-11-32-17)15(12-16)13-26-27-21(29)14-25-23(31)18-5-1-2-6-19(18)28/h1-13,28H,14H2,(H,25,31)(H,27,29)/b10-8-,26-13?. The number of hydrazone groups is 1. The number of amides is 2. The van der Waals surface area contributed by atoms with E-state index >= 15 is 0 Å². The predicted octanol–water partition coefficient (Wildman–Crippen LogP) is 3.25. The quantitative estimate of drug-likeness (QED) is 0.140. The van der Waals surface area contributed by atoms with Crippen LogP contribution in [0.1, 0.15) is 21.7 Å². The number of halogens is 1. The summed E-state index contributed by atoms with van der Waals surface area (Å²) in [6.45, 7) is -0.359. The van der Waals surface area contributed by atoms with Crippen LogP contribution in [0.3, 0.4) is 0 Å². The fourth-order valence-electron chi connectivity index (χ4n) is 2.53. The maximum atomic E-state index is 12.1. The summed E-state index contributed by atoms with van der Waals surface area (Å²) in [6.07, 6.45) is 5.47. The molecule has 2 amide bonds. The molecule has 0 saturated carbocycles. The third-order valence-corrected chi connectivity index (χ3v) is 4.55. The highest BCUT2D eigenvalue weighted by Crippen LogP contribution is 2.22. The first-order valence-corrected chi connectivity index (χ1v) is 10.3. The predicted molar refractivity (Wildman–Crippen MR) is 124 cm³/mol. The van der Waals surface area contributed by atoms with Crippen LogP contribution in [0, 0.1) is 0 Å². The second-order valence-corrected chi connectivity index (χ2v) is 7.36. The van der Waals surface area contributed by atoms with E-state index in [1.807, 2.05) is 0 Å². The number of furan rings is 1. The molecule has 0 spiro atoms. The Kier molecular flexibility index (Phi) is 8.14. The number of ether oxygens (including phenoxy) is 1. The molecule has 0 aliphatic carbocycles. The highest BCUT2D eigenvalue weighted by atomic mass is 79.9. The molecule has 33 heavy (non-hydrogen) atoms. The van der Waals surface area contributed by atoms with Crippen LogP contribution >= 0.6 is 15.9 Å². The number of nitrogens with zero attached hydrogens (tertiary/aromatic N) is 1. The van der Waals surface area contributed by atoms with Crippen LogP contribution < -0.4 is 15.5 Å². The summed E-state index contributed by atoms with van der Waals surface area (Å²) >= 11 is 3.33. The Hall–Kier alpha value is -4.18. The summed E-state index contributed by atoms with van der Waals surface area (Å²) in [5, 5.41) is 15.9. The van der Waals surface area contributed by atoms with Gasteiger partial charge in [-0.25, -0.2) is 10.2 Å². The Morgan fingerprint density at radius 3 is 2.70 bits per heavy atom. The van der Waals surface area contributed by atoms with Gasteiger partial charge in [-0.2, -0.15) is 5.10 Å². The van der Waals surface area contributed by atoms with E-state index < -0.39 is 17.8 Å². The second kappa shape index (κ2) is 11.4. The van der Waals surface area contributed by atoms with Gasteiger partial charge in [0.15, 0.2) is 0 Å². The molecule has 0 atom stereocenters. The second-order valence-electron chi connectivity index (χ2n) is 6.45. The van der Waals surface area contributed by atoms with E-state index in [9.17, 15) is 19.5 Å². The van der Waals surface area contributed by atoms with Gasteiger partial charge in [0.2, 0.25) is 0 Å². The van der Waals surface area contributed by atoms with Crippen molar-refractivity contribution in [2.24, 2.45) is 5.10 Å². The minimum absolute atomic E-state index is 0.0514. The van der Waals surface area contributed by atoms with E-state index in [0.717, 1.165) is 0 Å². The SMILES string of the molecule is O=C(CNC(=O)c1ccccc1O)NN=Cc1cc(Br)ccc1OC(=O)/C=C\c1ccco1. The number of hydrogen-bond acceptors (Lipinski definition) is 7. The van der Waals surface area contributed by atoms with Crippen molar-refractivity contribution >= 4 is 46.0 Å². The number of carbonyl (C=O) groups is 3. The zero-order valence-corrected chi connectivity index (χ0v) is 18.6. The van der Waals surface area contributed by atoms with E-state index in [-0.39, 0.29) is 23.6 Å². The Labute approximate surface area is 196 Å². The summed E-state index contributed by atoms with van der Waals surface area (Å²) in [4.78, 5) is 36.1. The molecule has 3 rings (SSSR count). The van der Waals surface area contributed by atoms with Crippen molar-refractivity contribution < 1.29 is 28.6 Å². The normalized spacial score (nSPS) is 10.9. The van der Waals surface area contributed by atoms with Crippen molar-refractivity contribution in [3.63, 3.8) is 0 Å².